The SMILES string of the molecule is N#CCc1ccc(-n2cnc3cnc4ccc(-c5ccc(O)cc5)cc4c32)cc1C(F)(F)F. The zero-order chi connectivity index (χ0) is 23.2. The average molecular weight is 444 g/mol. The summed E-state index contributed by atoms with van der Waals surface area (Å²) in [6.45, 7) is 0. The predicted octanol–water partition coefficient (Wildman–Crippen LogP) is 6.03. The third-order valence-corrected chi connectivity index (χ3v) is 5.52. The van der Waals surface area contributed by atoms with E-state index in [4.69, 9.17) is 5.26 Å². The Kier molecular flexibility index (Phi) is 4.75. The lowest BCUT2D eigenvalue weighted by Crippen LogP contribution is -2.10. The summed E-state index contributed by atoms with van der Waals surface area (Å²) in [4.78, 5) is 8.77. The fraction of sp³-hybridized carbons (Fsp3) is 0.0800. The Morgan fingerprint density at radius 3 is 2.39 bits per heavy atom. The minimum Gasteiger partial charge on any atom is -0.508 e. The summed E-state index contributed by atoms with van der Waals surface area (Å²) in [5.41, 5.74) is 2.95. The Bertz CT molecular complexity index is 1550. The summed E-state index contributed by atoms with van der Waals surface area (Å²) in [7, 11) is 0. The number of hydrogen-bond donors (Lipinski definition) is 1. The molecule has 2 aromatic heterocycles. The van der Waals surface area contributed by atoms with Crippen molar-refractivity contribution in [1.82, 2.24) is 14.5 Å². The van der Waals surface area contributed by atoms with Gasteiger partial charge in [-0.15, -0.1) is 0 Å². The van der Waals surface area contributed by atoms with Gasteiger partial charge in [0, 0.05) is 11.1 Å². The van der Waals surface area contributed by atoms with Gasteiger partial charge in [0.05, 0.1) is 35.3 Å². The number of nitrogens with zero attached hydrogens (tertiary/aromatic N) is 4. The van der Waals surface area contributed by atoms with Crippen molar-refractivity contribution in [1.29, 1.82) is 5.26 Å². The number of phenolic OH excluding ortho intramolecular Hbond substituents is 1. The molecule has 0 bridgehead atoms. The van der Waals surface area contributed by atoms with E-state index >= 15 is 0 Å². The first kappa shape index (κ1) is 20.5. The highest BCUT2D eigenvalue weighted by molar-refractivity contribution is 6.04. The summed E-state index contributed by atoms with van der Waals surface area (Å²) in [5, 5.41) is 19.2. The van der Waals surface area contributed by atoms with Gasteiger partial charge in [0.1, 0.15) is 17.6 Å². The number of halogens is 3. The van der Waals surface area contributed by atoms with E-state index in [0.717, 1.165) is 22.6 Å². The van der Waals surface area contributed by atoms with E-state index in [1.54, 1.807) is 47.2 Å². The molecule has 0 fully saturated rings. The zero-order valence-electron chi connectivity index (χ0n) is 17.0. The fourth-order valence-electron chi connectivity index (χ4n) is 3.94. The largest absolute Gasteiger partial charge is 0.508 e. The number of benzene rings is 3. The lowest BCUT2D eigenvalue weighted by Gasteiger charge is -2.14. The van der Waals surface area contributed by atoms with Gasteiger partial charge in [0.25, 0.3) is 0 Å². The quantitative estimate of drug-likeness (QED) is 0.369. The molecular formula is C25H15F3N4O. The van der Waals surface area contributed by atoms with E-state index in [-0.39, 0.29) is 23.4 Å². The summed E-state index contributed by atoms with van der Waals surface area (Å²) in [6.07, 6.45) is -1.86. The molecule has 0 aliphatic carbocycles. The normalized spacial score (nSPS) is 11.7. The van der Waals surface area contributed by atoms with Gasteiger partial charge in [-0.1, -0.05) is 24.3 Å². The molecule has 2 heterocycles. The topological polar surface area (TPSA) is 74.7 Å². The van der Waals surface area contributed by atoms with Crippen LogP contribution in [-0.4, -0.2) is 19.6 Å². The van der Waals surface area contributed by atoms with E-state index in [1.165, 1.54) is 12.4 Å². The number of aromatic nitrogens is 3. The van der Waals surface area contributed by atoms with Crippen LogP contribution in [0, 0.1) is 11.3 Å². The minimum atomic E-state index is -4.59. The first-order chi connectivity index (χ1) is 15.8. The van der Waals surface area contributed by atoms with Gasteiger partial charge in [0.2, 0.25) is 0 Å². The van der Waals surface area contributed by atoms with Crippen molar-refractivity contribution < 1.29 is 18.3 Å². The van der Waals surface area contributed by atoms with Gasteiger partial charge in [-0.2, -0.15) is 18.4 Å². The molecule has 162 valence electrons. The Morgan fingerprint density at radius 1 is 0.909 bits per heavy atom. The van der Waals surface area contributed by atoms with E-state index in [9.17, 15) is 18.3 Å². The number of alkyl halides is 3. The van der Waals surface area contributed by atoms with Crippen LogP contribution in [0.4, 0.5) is 13.2 Å². The molecule has 5 aromatic rings. The summed E-state index contributed by atoms with van der Waals surface area (Å²) >= 11 is 0. The number of nitriles is 1. The standard InChI is InChI=1S/C25H15F3N4O/c26-25(27,28)21-12-18(5-1-16(21)9-10-29)32-14-31-23-13-30-22-8-4-17(11-20(22)24(23)32)15-2-6-19(33)7-3-15/h1-8,11-14,33H,9H2. The van der Waals surface area contributed by atoms with Crippen molar-refractivity contribution in [3.63, 3.8) is 0 Å². The molecule has 1 N–H and O–H groups in total. The Hall–Kier alpha value is -4.38. The van der Waals surface area contributed by atoms with Crippen LogP contribution >= 0.6 is 0 Å². The monoisotopic (exact) mass is 444 g/mol. The zero-order valence-corrected chi connectivity index (χ0v) is 17.0. The Morgan fingerprint density at radius 2 is 1.67 bits per heavy atom. The van der Waals surface area contributed by atoms with Crippen LogP contribution in [0.1, 0.15) is 11.1 Å². The van der Waals surface area contributed by atoms with Crippen LogP contribution in [0.5, 0.6) is 5.75 Å². The number of fused-ring (bicyclic) bond motifs is 3. The molecule has 0 atom stereocenters. The molecule has 0 amide bonds. The van der Waals surface area contributed by atoms with Gasteiger partial charge in [-0.3, -0.25) is 9.55 Å². The van der Waals surface area contributed by atoms with Crippen molar-refractivity contribution in [2.75, 3.05) is 0 Å². The van der Waals surface area contributed by atoms with Gasteiger partial charge in [0.15, 0.2) is 0 Å². The molecule has 0 saturated heterocycles. The van der Waals surface area contributed by atoms with E-state index in [2.05, 4.69) is 9.97 Å². The highest BCUT2D eigenvalue weighted by Gasteiger charge is 2.33. The average Bonchev–Trinajstić information content (AvgIpc) is 3.24. The molecule has 0 aliphatic heterocycles. The van der Waals surface area contributed by atoms with Crippen molar-refractivity contribution in [2.24, 2.45) is 0 Å². The maximum atomic E-state index is 13.7. The number of aromatic hydroxyl groups is 1. The van der Waals surface area contributed by atoms with Crippen molar-refractivity contribution in [3.8, 4) is 28.6 Å². The number of phenols is 1. The second-order valence-electron chi connectivity index (χ2n) is 7.56. The van der Waals surface area contributed by atoms with Crippen LogP contribution in [0.3, 0.4) is 0 Å². The molecule has 5 nitrogen and oxygen atoms in total. The highest BCUT2D eigenvalue weighted by atomic mass is 19.4. The second-order valence-corrected chi connectivity index (χ2v) is 7.56. The molecule has 8 heteroatoms. The maximum Gasteiger partial charge on any atom is 0.416 e. The lowest BCUT2D eigenvalue weighted by molar-refractivity contribution is -0.138. The molecule has 0 saturated carbocycles. The molecule has 3 aromatic carbocycles. The first-order valence-electron chi connectivity index (χ1n) is 9.98. The van der Waals surface area contributed by atoms with Gasteiger partial charge >= 0.3 is 6.18 Å². The van der Waals surface area contributed by atoms with Crippen LogP contribution in [-0.2, 0) is 12.6 Å². The molecule has 0 radical (unpaired) electrons. The summed E-state index contributed by atoms with van der Waals surface area (Å²) in [5.74, 6) is 0.155. The lowest BCUT2D eigenvalue weighted by atomic mass is 10.0. The van der Waals surface area contributed by atoms with E-state index in [0.29, 0.717) is 16.6 Å². The summed E-state index contributed by atoms with van der Waals surface area (Å²) < 4.78 is 42.6. The van der Waals surface area contributed by atoms with E-state index < -0.39 is 11.7 Å². The first-order valence-corrected chi connectivity index (χ1v) is 9.98. The van der Waals surface area contributed by atoms with Gasteiger partial charge in [-0.05, 0) is 53.1 Å². The predicted molar refractivity (Wildman–Crippen MR) is 118 cm³/mol. The highest BCUT2D eigenvalue weighted by Crippen LogP contribution is 2.35. The third-order valence-electron chi connectivity index (χ3n) is 5.52. The smallest absolute Gasteiger partial charge is 0.416 e. The molecule has 0 spiro atoms. The van der Waals surface area contributed by atoms with Crippen LogP contribution < -0.4 is 0 Å². The van der Waals surface area contributed by atoms with Crippen molar-refractivity contribution >= 4 is 21.9 Å². The van der Waals surface area contributed by atoms with Gasteiger partial charge < -0.3 is 5.11 Å². The molecule has 0 unspecified atom stereocenters. The number of pyridine rings is 1. The fourth-order valence-corrected chi connectivity index (χ4v) is 3.94. The third kappa shape index (κ3) is 3.64. The minimum absolute atomic E-state index is 0.0701. The number of rotatable bonds is 3. The van der Waals surface area contributed by atoms with Gasteiger partial charge in [-0.25, -0.2) is 4.98 Å². The molecular weight excluding hydrogens is 429 g/mol. The number of hydrogen-bond acceptors (Lipinski definition) is 4. The second kappa shape index (κ2) is 7.64. The Labute approximate surface area is 186 Å². The summed E-state index contributed by atoms with van der Waals surface area (Å²) in [6, 6.07) is 18.1. The van der Waals surface area contributed by atoms with E-state index in [1.807, 2.05) is 18.2 Å². The van der Waals surface area contributed by atoms with Crippen LogP contribution in [0.15, 0.2) is 73.2 Å². The van der Waals surface area contributed by atoms with Crippen molar-refractivity contribution in [3.05, 3.63) is 84.3 Å². The van der Waals surface area contributed by atoms with Crippen LogP contribution in [0.25, 0.3) is 38.8 Å². The van der Waals surface area contributed by atoms with Crippen molar-refractivity contribution in [2.45, 2.75) is 12.6 Å². The van der Waals surface area contributed by atoms with Crippen LogP contribution in [0.2, 0.25) is 0 Å². The number of imidazole rings is 1. The molecule has 33 heavy (non-hydrogen) atoms. The molecule has 0 aliphatic rings. The maximum absolute atomic E-state index is 13.7. The molecule has 5 rings (SSSR count). The Balaban J connectivity index is 1.74.